The summed E-state index contributed by atoms with van der Waals surface area (Å²) < 4.78 is 4.59. The van der Waals surface area contributed by atoms with E-state index in [0.717, 1.165) is 18.4 Å². The van der Waals surface area contributed by atoms with E-state index in [2.05, 4.69) is 15.3 Å². The minimum atomic E-state index is -0.375. The molecular formula is C13H14N2O3. The molecule has 1 saturated carbocycles. The molecule has 0 aliphatic heterocycles. The van der Waals surface area contributed by atoms with Crippen molar-refractivity contribution in [3.8, 4) is 0 Å². The summed E-state index contributed by atoms with van der Waals surface area (Å²) in [6.07, 6.45) is 3.45. The van der Waals surface area contributed by atoms with Crippen LogP contribution in [0.1, 0.15) is 28.8 Å². The number of nitrogens with one attached hydrogen (secondary N) is 1. The fourth-order valence-corrected chi connectivity index (χ4v) is 1.43. The van der Waals surface area contributed by atoms with Gasteiger partial charge < -0.3 is 4.74 Å². The minimum absolute atomic E-state index is 0.0302. The SMILES string of the molecule is COC(=O)c1ccc(/C=N/NC(=O)C2CC2)cc1. The largest absolute Gasteiger partial charge is 0.465 e. The highest BCUT2D eigenvalue weighted by Crippen LogP contribution is 2.28. The lowest BCUT2D eigenvalue weighted by molar-refractivity contribution is -0.122. The van der Waals surface area contributed by atoms with E-state index >= 15 is 0 Å². The van der Waals surface area contributed by atoms with Gasteiger partial charge in [-0.25, -0.2) is 10.2 Å². The molecule has 0 bridgehead atoms. The van der Waals surface area contributed by atoms with Gasteiger partial charge in [0.2, 0.25) is 5.91 Å². The summed E-state index contributed by atoms with van der Waals surface area (Å²) in [4.78, 5) is 22.5. The fraction of sp³-hybridized carbons (Fsp3) is 0.308. The Labute approximate surface area is 105 Å². The zero-order chi connectivity index (χ0) is 13.0. The van der Waals surface area contributed by atoms with Gasteiger partial charge in [0.1, 0.15) is 0 Å². The molecule has 0 aromatic heterocycles. The lowest BCUT2D eigenvalue weighted by Gasteiger charge is -1.99. The van der Waals surface area contributed by atoms with Gasteiger partial charge in [0.05, 0.1) is 18.9 Å². The number of nitrogens with zero attached hydrogens (tertiary/aromatic N) is 1. The quantitative estimate of drug-likeness (QED) is 0.495. The predicted molar refractivity (Wildman–Crippen MR) is 66.2 cm³/mol. The predicted octanol–water partition coefficient (Wildman–Crippen LogP) is 1.33. The van der Waals surface area contributed by atoms with Gasteiger partial charge >= 0.3 is 5.97 Å². The van der Waals surface area contributed by atoms with Crippen LogP contribution in [0.3, 0.4) is 0 Å². The van der Waals surface area contributed by atoms with E-state index < -0.39 is 0 Å². The second-order valence-corrected chi connectivity index (χ2v) is 4.12. The zero-order valence-corrected chi connectivity index (χ0v) is 10.1. The van der Waals surface area contributed by atoms with Gasteiger partial charge in [-0.2, -0.15) is 5.10 Å². The van der Waals surface area contributed by atoms with Crippen molar-refractivity contribution in [2.24, 2.45) is 11.0 Å². The van der Waals surface area contributed by atoms with Crippen LogP contribution in [-0.4, -0.2) is 25.2 Å². The van der Waals surface area contributed by atoms with E-state index in [9.17, 15) is 9.59 Å². The van der Waals surface area contributed by atoms with Crippen LogP contribution in [0.5, 0.6) is 0 Å². The van der Waals surface area contributed by atoms with Crippen molar-refractivity contribution in [2.75, 3.05) is 7.11 Å². The lowest BCUT2D eigenvalue weighted by Crippen LogP contribution is -2.18. The summed E-state index contributed by atoms with van der Waals surface area (Å²) in [6, 6.07) is 6.77. The molecule has 0 radical (unpaired) electrons. The van der Waals surface area contributed by atoms with Crippen LogP contribution in [0.4, 0.5) is 0 Å². The molecule has 1 fully saturated rings. The molecule has 0 saturated heterocycles. The van der Waals surface area contributed by atoms with Crippen LogP contribution in [0.15, 0.2) is 29.4 Å². The molecule has 1 aliphatic carbocycles. The molecular weight excluding hydrogens is 232 g/mol. The molecule has 1 aliphatic rings. The first-order chi connectivity index (χ1) is 8.70. The zero-order valence-electron chi connectivity index (χ0n) is 10.1. The number of hydrogen-bond donors (Lipinski definition) is 1. The second kappa shape index (κ2) is 5.44. The van der Waals surface area contributed by atoms with Crippen LogP contribution < -0.4 is 5.43 Å². The monoisotopic (exact) mass is 246 g/mol. The summed E-state index contributed by atoms with van der Waals surface area (Å²) >= 11 is 0. The van der Waals surface area contributed by atoms with Gasteiger partial charge in [-0.1, -0.05) is 12.1 Å². The molecule has 0 atom stereocenters. The van der Waals surface area contributed by atoms with Crippen LogP contribution in [-0.2, 0) is 9.53 Å². The number of rotatable bonds is 4. The highest BCUT2D eigenvalue weighted by molar-refractivity contribution is 5.91. The highest BCUT2D eigenvalue weighted by atomic mass is 16.5. The van der Waals surface area contributed by atoms with Gasteiger partial charge in [-0.3, -0.25) is 4.79 Å². The lowest BCUT2D eigenvalue weighted by atomic mass is 10.1. The number of ether oxygens (including phenoxy) is 1. The Morgan fingerprint density at radius 1 is 1.33 bits per heavy atom. The van der Waals surface area contributed by atoms with Gasteiger partial charge in [0.25, 0.3) is 0 Å². The average Bonchev–Trinajstić information content (AvgIpc) is 3.23. The first kappa shape index (κ1) is 12.3. The van der Waals surface area contributed by atoms with Crippen LogP contribution in [0.2, 0.25) is 0 Å². The van der Waals surface area contributed by atoms with Gasteiger partial charge in [-0.05, 0) is 30.5 Å². The number of carbonyl (C=O) groups excluding carboxylic acids is 2. The van der Waals surface area contributed by atoms with Crippen molar-refractivity contribution in [2.45, 2.75) is 12.8 Å². The Morgan fingerprint density at radius 3 is 2.56 bits per heavy atom. The van der Waals surface area contributed by atoms with Crippen molar-refractivity contribution in [3.05, 3.63) is 35.4 Å². The maximum atomic E-state index is 11.3. The molecule has 5 nitrogen and oxygen atoms in total. The Morgan fingerprint density at radius 2 is 2.00 bits per heavy atom. The molecule has 94 valence electrons. The first-order valence-electron chi connectivity index (χ1n) is 5.72. The molecule has 2 rings (SSSR count). The van der Waals surface area contributed by atoms with Gasteiger partial charge in [0, 0.05) is 5.92 Å². The molecule has 18 heavy (non-hydrogen) atoms. The van der Waals surface area contributed by atoms with Crippen LogP contribution >= 0.6 is 0 Å². The second-order valence-electron chi connectivity index (χ2n) is 4.12. The Bertz CT molecular complexity index is 476. The average molecular weight is 246 g/mol. The fourth-order valence-electron chi connectivity index (χ4n) is 1.43. The number of hydrogen-bond acceptors (Lipinski definition) is 4. The van der Waals surface area contributed by atoms with E-state index in [1.54, 1.807) is 30.5 Å². The molecule has 1 amide bonds. The number of carbonyl (C=O) groups is 2. The standard InChI is InChI=1S/C13H14N2O3/c1-18-13(17)11-4-2-9(3-5-11)8-14-15-12(16)10-6-7-10/h2-5,8,10H,6-7H2,1H3,(H,15,16)/b14-8+. The molecule has 0 unspecified atom stereocenters. The highest BCUT2D eigenvalue weighted by Gasteiger charge is 2.29. The Kier molecular flexibility index (Phi) is 3.72. The molecule has 1 N–H and O–H groups in total. The number of benzene rings is 1. The van der Waals surface area contributed by atoms with Crippen LogP contribution in [0, 0.1) is 5.92 Å². The third kappa shape index (κ3) is 3.16. The Balaban J connectivity index is 1.91. The first-order valence-corrected chi connectivity index (χ1v) is 5.72. The number of esters is 1. The third-order valence-corrected chi connectivity index (χ3v) is 2.67. The minimum Gasteiger partial charge on any atom is -0.465 e. The molecule has 1 aromatic carbocycles. The van der Waals surface area contributed by atoms with Crippen LogP contribution in [0.25, 0.3) is 0 Å². The summed E-state index contributed by atoms with van der Waals surface area (Å²) in [7, 11) is 1.34. The van der Waals surface area contributed by atoms with E-state index in [1.165, 1.54) is 7.11 Å². The topological polar surface area (TPSA) is 67.8 Å². The van der Waals surface area contributed by atoms with E-state index in [4.69, 9.17) is 0 Å². The Hall–Kier alpha value is -2.17. The van der Waals surface area contributed by atoms with Crippen molar-refractivity contribution < 1.29 is 14.3 Å². The van der Waals surface area contributed by atoms with Crippen molar-refractivity contribution in [3.63, 3.8) is 0 Å². The normalized spacial score (nSPS) is 14.5. The summed E-state index contributed by atoms with van der Waals surface area (Å²) in [6.45, 7) is 0. The number of amides is 1. The smallest absolute Gasteiger partial charge is 0.337 e. The summed E-state index contributed by atoms with van der Waals surface area (Å²) in [5.74, 6) is -0.262. The maximum absolute atomic E-state index is 11.3. The molecule has 0 heterocycles. The third-order valence-electron chi connectivity index (χ3n) is 2.67. The van der Waals surface area contributed by atoms with Crippen molar-refractivity contribution >= 4 is 18.1 Å². The molecule has 0 spiro atoms. The number of methoxy groups -OCH3 is 1. The van der Waals surface area contributed by atoms with E-state index in [-0.39, 0.29) is 17.8 Å². The van der Waals surface area contributed by atoms with Crippen molar-refractivity contribution in [1.29, 1.82) is 0 Å². The molecule has 5 heteroatoms. The summed E-state index contributed by atoms with van der Waals surface area (Å²) in [5, 5.41) is 3.86. The maximum Gasteiger partial charge on any atom is 0.337 e. The van der Waals surface area contributed by atoms with Crippen molar-refractivity contribution in [1.82, 2.24) is 5.43 Å². The van der Waals surface area contributed by atoms with Gasteiger partial charge in [-0.15, -0.1) is 0 Å². The van der Waals surface area contributed by atoms with E-state index in [0.29, 0.717) is 5.56 Å². The number of hydrazone groups is 1. The summed E-state index contributed by atoms with van der Waals surface area (Å²) in [5.41, 5.74) is 3.77. The van der Waals surface area contributed by atoms with Gasteiger partial charge in [0.15, 0.2) is 0 Å². The van der Waals surface area contributed by atoms with E-state index in [1.807, 2.05) is 0 Å². The molecule has 1 aromatic rings.